The lowest BCUT2D eigenvalue weighted by Gasteiger charge is -2.15. The Balaban J connectivity index is 1.93. The van der Waals surface area contributed by atoms with Crippen molar-refractivity contribution in [1.29, 1.82) is 0 Å². The van der Waals surface area contributed by atoms with E-state index in [1.165, 1.54) is 0 Å². The minimum atomic E-state index is 0.520. The van der Waals surface area contributed by atoms with E-state index in [9.17, 15) is 0 Å². The fourth-order valence-electron chi connectivity index (χ4n) is 2.21. The summed E-state index contributed by atoms with van der Waals surface area (Å²) in [4.78, 5) is 4.23. The molecule has 0 aliphatic heterocycles. The lowest BCUT2D eigenvalue weighted by Crippen LogP contribution is -2.37. The highest BCUT2D eigenvalue weighted by molar-refractivity contribution is 5.79. The Bertz CT molecular complexity index is 698. The van der Waals surface area contributed by atoms with Crippen LogP contribution in [0.2, 0.25) is 0 Å². The number of hydrogen-bond donors (Lipinski definition) is 2. The first-order valence-corrected chi connectivity index (χ1v) is 8.12. The number of nitrogens with one attached hydrogen (secondary N) is 2. The van der Waals surface area contributed by atoms with E-state index in [1.54, 1.807) is 20.5 Å². The fourth-order valence-corrected chi connectivity index (χ4v) is 2.21. The molecule has 1 aromatic heterocycles. The number of aliphatic imine (C=N–C) groups is 1. The smallest absolute Gasteiger partial charge is 0.191 e. The second-order valence-corrected chi connectivity index (χ2v) is 5.59. The first-order valence-electron chi connectivity index (χ1n) is 8.12. The number of aryl methyl sites for hydroxylation is 2. The van der Waals surface area contributed by atoms with Gasteiger partial charge in [-0.3, -0.25) is 4.99 Å². The van der Waals surface area contributed by atoms with E-state index in [1.807, 2.05) is 24.6 Å². The normalized spacial score (nSPS) is 11.4. The predicted molar refractivity (Wildman–Crippen MR) is 96.6 cm³/mol. The van der Waals surface area contributed by atoms with Crippen LogP contribution in [0.5, 0.6) is 5.75 Å². The molecule has 0 radical (unpaired) electrons. The molecule has 0 amide bonds. The summed E-state index contributed by atoms with van der Waals surface area (Å²) in [7, 11) is 5.30. The topological polar surface area (TPSA) is 85.6 Å². The zero-order valence-corrected chi connectivity index (χ0v) is 15.2. The van der Waals surface area contributed by atoms with Gasteiger partial charge in [-0.15, -0.1) is 10.2 Å². The number of aromatic nitrogens is 3. The van der Waals surface area contributed by atoms with Gasteiger partial charge in [0.1, 0.15) is 18.7 Å². The molecule has 0 aliphatic carbocycles. The van der Waals surface area contributed by atoms with Crippen LogP contribution in [0.15, 0.2) is 29.5 Å². The summed E-state index contributed by atoms with van der Waals surface area (Å²) in [5.41, 5.74) is 2.21. The first kappa shape index (κ1) is 18.7. The van der Waals surface area contributed by atoms with Crippen molar-refractivity contribution in [3.8, 4) is 5.75 Å². The number of rotatable bonds is 8. The van der Waals surface area contributed by atoms with Gasteiger partial charge in [0, 0.05) is 33.3 Å². The molecule has 0 saturated heterocycles. The molecule has 0 fully saturated rings. The van der Waals surface area contributed by atoms with Crippen LogP contribution in [0.1, 0.15) is 17.0 Å². The Morgan fingerprint density at radius 2 is 2.04 bits per heavy atom. The van der Waals surface area contributed by atoms with Crippen molar-refractivity contribution < 1.29 is 9.47 Å². The third-order valence-corrected chi connectivity index (χ3v) is 3.66. The molecule has 8 nitrogen and oxygen atoms in total. The van der Waals surface area contributed by atoms with Crippen LogP contribution in [0.4, 0.5) is 0 Å². The molecule has 2 aromatic rings. The lowest BCUT2D eigenvalue weighted by molar-refractivity contribution is 0.145. The van der Waals surface area contributed by atoms with Crippen molar-refractivity contribution in [2.45, 2.75) is 20.0 Å². The number of benzene rings is 1. The summed E-state index contributed by atoms with van der Waals surface area (Å²) >= 11 is 0. The van der Waals surface area contributed by atoms with Gasteiger partial charge in [0.25, 0.3) is 0 Å². The van der Waals surface area contributed by atoms with Gasteiger partial charge in [0.2, 0.25) is 0 Å². The molecule has 8 heteroatoms. The molecule has 0 spiro atoms. The predicted octanol–water partition coefficient (Wildman–Crippen LogP) is 1.01. The van der Waals surface area contributed by atoms with E-state index in [0.717, 1.165) is 22.7 Å². The minimum Gasteiger partial charge on any atom is -0.491 e. The SMILES string of the molecule is CN=C(NCc1ccc(C)cc1OCCOC)NCc1nncn1C. The molecule has 0 saturated carbocycles. The van der Waals surface area contributed by atoms with E-state index in [4.69, 9.17) is 9.47 Å². The largest absolute Gasteiger partial charge is 0.491 e. The monoisotopic (exact) mass is 346 g/mol. The lowest BCUT2D eigenvalue weighted by atomic mass is 10.1. The van der Waals surface area contributed by atoms with Crippen LogP contribution in [-0.2, 0) is 24.9 Å². The highest BCUT2D eigenvalue weighted by Gasteiger charge is 2.07. The van der Waals surface area contributed by atoms with Crippen molar-refractivity contribution in [1.82, 2.24) is 25.4 Å². The van der Waals surface area contributed by atoms with Crippen molar-refractivity contribution in [3.05, 3.63) is 41.5 Å². The molecule has 0 atom stereocenters. The van der Waals surface area contributed by atoms with E-state index < -0.39 is 0 Å². The summed E-state index contributed by atoms with van der Waals surface area (Å²) in [5.74, 6) is 2.38. The van der Waals surface area contributed by atoms with Gasteiger partial charge in [-0.1, -0.05) is 12.1 Å². The van der Waals surface area contributed by atoms with Gasteiger partial charge in [0.15, 0.2) is 11.8 Å². The van der Waals surface area contributed by atoms with Crippen molar-refractivity contribution in [2.75, 3.05) is 27.4 Å². The van der Waals surface area contributed by atoms with E-state index in [0.29, 0.717) is 32.3 Å². The van der Waals surface area contributed by atoms with Gasteiger partial charge >= 0.3 is 0 Å². The average molecular weight is 346 g/mol. The molecule has 0 aliphatic rings. The molecular formula is C17H26N6O2. The summed E-state index contributed by atoms with van der Waals surface area (Å²) in [5, 5.41) is 14.4. The van der Waals surface area contributed by atoms with E-state index in [2.05, 4.69) is 38.0 Å². The second-order valence-electron chi connectivity index (χ2n) is 5.59. The second kappa shape index (κ2) is 9.63. The van der Waals surface area contributed by atoms with Crippen LogP contribution in [0.25, 0.3) is 0 Å². The molecule has 136 valence electrons. The summed E-state index contributed by atoms with van der Waals surface area (Å²) < 4.78 is 12.7. The Morgan fingerprint density at radius 1 is 1.24 bits per heavy atom. The number of guanidine groups is 1. The van der Waals surface area contributed by atoms with Gasteiger partial charge < -0.3 is 24.7 Å². The van der Waals surface area contributed by atoms with Gasteiger partial charge in [-0.25, -0.2) is 0 Å². The van der Waals surface area contributed by atoms with E-state index in [-0.39, 0.29) is 0 Å². The maximum atomic E-state index is 5.81. The Morgan fingerprint density at radius 3 is 2.72 bits per heavy atom. The van der Waals surface area contributed by atoms with Gasteiger partial charge in [-0.2, -0.15) is 0 Å². The maximum Gasteiger partial charge on any atom is 0.191 e. The van der Waals surface area contributed by atoms with Gasteiger partial charge in [-0.05, 0) is 18.6 Å². The molecule has 1 heterocycles. The maximum absolute atomic E-state index is 5.81. The van der Waals surface area contributed by atoms with Crippen molar-refractivity contribution in [2.24, 2.45) is 12.0 Å². The number of ether oxygens (including phenoxy) is 2. The summed E-state index contributed by atoms with van der Waals surface area (Å²) in [6.07, 6.45) is 1.67. The molecule has 0 bridgehead atoms. The van der Waals surface area contributed by atoms with Crippen molar-refractivity contribution >= 4 is 5.96 Å². The minimum absolute atomic E-state index is 0.520. The summed E-state index contributed by atoms with van der Waals surface area (Å²) in [6, 6.07) is 6.15. The van der Waals surface area contributed by atoms with Crippen LogP contribution >= 0.6 is 0 Å². The molecule has 1 aromatic carbocycles. The van der Waals surface area contributed by atoms with Crippen molar-refractivity contribution in [3.63, 3.8) is 0 Å². The van der Waals surface area contributed by atoms with Crippen LogP contribution in [0, 0.1) is 6.92 Å². The van der Waals surface area contributed by atoms with Crippen LogP contribution in [0.3, 0.4) is 0 Å². The molecule has 2 N–H and O–H groups in total. The number of methoxy groups -OCH3 is 1. The average Bonchev–Trinajstić information content (AvgIpc) is 3.02. The molecule has 2 rings (SSSR count). The Hall–Kier alpha value is -2.61. The fraction of sp³-hybridized carbons (Fsp3) is 0.471. The first-order chi connectivity index (χ1) is 12.1. The van der Waals surface area contributed by atoms with Gasteiger partial charge in [0.05, 0.1) is 13.2 Å². The third-order valence-electron chi connectivity index (χ3n) is 3.66. The Labute approximate surface area is 148 Å². The quantitative estimate of drug-likeness (QED) is 0.422. The molecule has 0 unspecified atom stereocenters. The highest BCUT2D eigenvalue weighted by atomic mass is 16.5. The zero-order chi connectivity index (χ0) is 18.1. The molecule has 25 heavy (non-hydrogen) atoms. The molecular weight excluding hydrogens is 320 g/mol. The van der Waals surface area contributed by atoms with Crippen LogP contribution in [-0.4, -0.2) is 48.1 Å². The summed E-state index contributed by atoms with van der Waals surface area (Å²) in [6.45, 7) is 4.26. The number of nitrogens with zero attached hydrogens (tertiary/aromatic N) is 4. The standard InChI is InChI=1S/C17H26N6O2/c1-13-5-6-14(15(9-13)25-8-7-24-4)10-19-17(18-2)20-11-16-22-21-12-23(16)3/h5-6,9,12H,7-8,10-11H2,1-4H3,(H2,18,19,20). The van der Waals surface area contributed by atoms with E-state index >= 15 is 0 Å². The van der Waals surface area contributed by atoms with Crippen LogP contribution < -0.4 is 15.4 Å². The number of hydrogen-bond acceptors (Lipinski definition) is 5. The third kappa shape index (κ3) is 5.75. The highest BCUT2D eigenvalue weighted by Crippen LogP contribution is 2.20. The zero-order valence-electron chi connectivity index (χ0n) is 15.2. The Kier molecular flexibility index (Phi) is 7.21.